The molecule has 0 atom stereocenters. The van der Waals surface area contributed by atoms with E-state index in [1.807, 2.05) is 24.3 Å². The monoisotopic (exact) mass is 271 g/mol. The smallest absolute Gasteiger partial charge is 0.305 e. The highest BCUT2D eigenvalue weighted by Gasteiger charge is 2.36. The van der Waals surface area contributed by atoms with Gasteiger partial charge >= 0.3 is 5.97 Å². The van der Waals surface area contributed by atoms with Gasteiger partial charge in [0.15, 0.2) is 0 Å². The van der Waals surface area contributed by atoms with Crippen molar-refractivity contribution in [3.05, 3.63) is 30.6 Å². The predicted octanol–water partition coefficient (Wildman–Crippen LogP) is 2.83. The first kappa shape index (κ1) is 12.8. The van der Waals surface area contributed by atoms with Crippen LogP contribution in [0.1, 0.15) is 32.1 Å². The summed E-state index contributed by atoms with van der Waals surface area (Å²) in [5.41, 5.74) is 0.497. The van der Waals surface area contributed by atoms with Crippen molar-refractivity contribution in [3.63, 3.8) is 0 Å². The Labute approximate surface area is 117 Å². The second kappa shape index (κ2) is 5.07. The van der Waals surface area contributed by atoms with Gasteiger partial charge in [0, 0.05) is 10.9 Å². The first-order chi connectivity index (χ1) is 9.69. The molecule has 1 aliphatic rings. The van der Waals surface area contributed by atoms with E-state index in [2.05, 4.69) is 15.3 Å². The number of fused-ring (bicyclic) bond motifs is 1. The number of benzene rings is 1. The van der Waals surface area contributed by atoms with Gasteiger partial charge in [-0.1, -0.05) is 25.0 Å². The maximum Gasteiger partial charge on any atom is 0.305 e. The molecule has 0 bridgehead atoms. The Morgan fingerprint density at radius 2 is 2.00 bits per heavy atom. The molecule has 0 aliphatic heterocycles. The lowest BCUT2D eigenvalue weighted by Crippen LogP contribution is -2.38. The number of aliphatic carboxylic acids is 1. The molecule has 5 heteroatoms. The fourth-order valence-electron chi connectivity index (χ4n) is 3.04. The van der Waals surface area contributed by atoms with Crippen LogP contribution in [-0.2, 0) is 4.79 Å². The van der Waals surface area contributed by atoms with Crippen LogP contribution < -0.4 is 5.32 Å². The van der Waals surface area contributed by atoms with Crippen molar-refractivity contribution in [3.8, 4) is 0 Å². The second-order valence-electron chi connectivity index (χ2n) is 5.42. The molecule has 104 valence electrons. The lowest BCUT2D eigenvalue weighted by molar-refractivity contribution is -0.138. The molecule has 2 aromatic rings. The average Bonchev–Trinajstić information content (AvgIpc) is 2.86. The first-order valence-electron chi connectivity index (χ1n) is 6.88. The number of para-hydroxylation sites is 1. The van der Waals surface area contributed by atoms with Gasteiger partial charge in [-0.3, -0.25) is 4.79 Å². The fraction of sp³-hybridized carbons (Fsp3) is 0.400. The third-order valence-corrected chi connectivity index (χ3v) is 3.98. The average molecular weight is 271 g/mol. The Morgan fingerprint density at radius 3 is 2.75 bits per heavy atom. The van der Waals surface area contributed by atoms with E-state index in [1.165, 1.54) is 6.33 Å². The summed E-state index contributed by atoms with van der Waals surface area (Å²) in [4.78, 5) is 19.7. The minimum atomic E-state index is -0.766. The number of nitrogens with zero attached hydrogens (tertiary/aromatic N) is 2. The number of hydrogen-bond donors (Lipinski definition) is 2. The van der Waals surface area contributed by atoms with E-state index in [0.29, 0.717) is 0 Å². The highest BCUT2D eigenvalue weighted by atomic mass is 16.4. The number of carboxylic acids is 1. The summed E-state index contributed by atoms with van der Waals surface area (Å²) in [6.07, 6.45) is 5.52. The van der Waals surface area contributed by atoms with E-state index < -0.39 is 5.97 Å². The molecule has 0 spiro atoms. The Hall–Kier alpha value is -2.17. The minimum absolute atomic E-state index is 0.130. The Balaban J connectivity index is 1.96. The van der Waals surface area contributed by atoms with Crippen LogP contribution in [0.4, 0.5) is 5.82 Å². The van der Waals surface area contributed by atoms with Gasteiger partial charge in [0.2, 0.25) is 0 Å². The second-order valence-corrected chi connectivity index (χ2v) is 5.42. The summed E-state index contributed by atoms with van der Waals surface area (Å²) in [5.74, 6) is -0.0310. The quantitative estimate of drug-likeness (QED) is 0.894. The van der Waals surface area contributed by atoms with Crippen molar-refractivity contribution < 1.29 is 9.90 Å². The zero-order valence-electron chi connectivity index (χ0n) is 11.2. The summed E-state index contributed by atoms with van der Waals surface area (Å²) in [6, 6.07) is 7.76. The summed E-state index contributed by atoms with van der Waals surface area (Å²) in [7, 11) is 0. The zero-order valence-corrected chi connectivity index (χ0v) is 11.2. The van der Waals surface area contributed by atoms with Gasteiger partial charge in [0.1, 0.15) is 12.1 Å². The predicted molar refractivity (Wildman–Crippen MR) is 76.6 cm³/mol. The Morgan fingerprint density at radius 1 is 1.25 bits per heavy atom. The molecular formula is C15H17N3O2. The van der Waals surface area contributed by atoms with Crippen molar-refractivity contribution in [2.75, 3.05) is 5.32 Å². The molecule has 1 fully saturated rings. The van der Waals surface area contributed by atoms with Crippen molar-refractivity contribution in [2.24, 2.45) is 0 Å². The molecule has 1 saturated carbocycles. The van der Waals surface area contributed by atoms with Gasteiger partial charge in [-0.25, -0.2) is 9.97 Å². The van der Waals surface area contributed by atoms with E-state index in [-0.39, 0.29) is 12.0 Å². The van der Waals surface area contributed by atoms with Crippen LogP contribution in [0.25, 0.3) is 10.9 Å². The number of hydrogen-bond acceptors (Lipinski definition) is 4. The van der Waals surface area contributed by atoms with E-state index in [1.54, 1.807) is 0 Å². The van der Waals surface area contributed by atoms with Gasteiger partial charge in [0.05, 0.1) is 11.9 Å². The van der Waals surface area contributed by atoms with Crippen LogP contribution in [0, 0.1) is 0 Å². The van der Waals surface area contributed by atoms with Crippen LogP contribution >= 0.6 is 0 Å². The van der Waals surface area contributed by atoms with Crippen molar-refractivity contribution in [1.82, 2.24) is 9.97 Å². The molecule has 1 aliphatic carbocycles. The van der Waals surface area contributed by atoms with Gasteiger partial charge < -0.3 is 10.4 Å². The highest BCUT2D eigenvalue weighted by molar-refractivity contribution is 5.89. The molecule has 1 aromatic carbocycles. The molecule has 0 unspecified atom stereocenters. The third kappa shape index (κ3) is 2.43. The van der Waals surface area contributed by atoms with E-state index in [0.717, 1.165) is 42.4 Å². The van der Waals surface area contributed by atoms with Crippen molar-refractivity contribution >= 4 is 22.7 Å². The largest absolute Gasteiger partial charge is 0.481 e. The zero-order chi connectivity index (χ0) is 14.0. The van der Waals surface area contributed by atoms with Gasteiger partial charge in [-0.05, 0) is 25.0 Å². The Kier molecular flexibility index (Phi) is 3.26. The number of rotatable bonds is 4. The maximum absolute atomic E-state index is 11.1. The normalized spacial score (nSPS) is 17.2. The first-order valence-corrected chi connectivity index (χ1v) is 6.88. The van der Waals surface area contributed by atoms with Gasteiger partial charge in [0.25, 0.3) is 0 Å². The van der Waals surface area contributed by atoms with Crippen molar-refractivity contribution in [2.45, 2.75) is 37.6 Å². The van der Waals surface area contributed by atoms with Crippen molar-refractivity contribution in [1.29, 1.82) is 0 Å². The SMILES string of the molecule is O=C(O)CC1(Nc2ncnc3ccccc23)CCCC1. The fourth-order valence-corrected chi connectivity index (χ4v) is 3.04. The van der Waals surface area contributed by atoms with E-state index in [9.17, 15) is 4.79 Å². The number of aromatic nitrogens is 2. The highest BCUT2D eigenvalue weighted by Crippen LogP contribution is 2.36. The minimum Gasteiger partial charge on any atom is -0.481 e. The molecule has 3 rings (SSSR count). The van der Waals surface area contributed by atoms with Crippen LogP contribution in [0.3, 0.4) is 0 Å². The van der Waals surface area contributed by atoms with Crippen LogP contribution in [0.2, 0.25) is 0 Å². The summed E-state index contributed by atoms with van der Waals surface area (Å²) < 4.78 is 0. The third-order valence-electron chi connectivity index (χ3n) is 3.98. The van der Waals surface area contributed by atoms with Crippen LogP contribution in [-0.4, -0.2) is 26.6 Å². The van der Waals surface area contributed by atoms with Gasteiger partial charge in [-0.15, -0.1) is 0 Å². The number of nitrogens with one attached hydrogen (secondary N) is 1. The molecule has 0 saturated heterocycles. The molecule has 2 N–H and O–H groups in total. The maximum atomic E-state index is 11.1. The molecule has 5 nitrogen and oxygen atoms in total. The topological polar surface area (TPSA) is 75.1 Å². The summed E-state index contributed by atoms with van der Waals surface area (Å²) in [5, 5.41) is 13.5. The molecule has 0 radical (unpaired) electrons. The van der Waals surface area contributed by atoms with Crippen LogP contribution in [0.15, 0.2) is 30.6 Å². The number of anilines is 1. The number of carbonyl (C=O) groups is 1. The lowest BCUT2D eigenvalue weighted by Gasteiger charge is -2.29. The molecular weight excluding hydrogens is 254 g/mol. The standard InChI is InChI=1S/C15H17N3O2/c19-13(20)9-15(7-3-4-8-15)18-14-11-5-1-2-6-12(11)16-10-17-14/h1-2,5-6,10H,3-4,7-9H2,(H,19,20)(H,16,17,18). The molecule has 20 heavy (non-hydrogen) atoms. The Bertz CT molecular complexity index is 631. The molecule has 0 amide bonds. The number of carboxylic acid groups (broad SMARTS) is 1. The van der Waals surface area contributed by atoms with Crippen LogP contribution in [0.5, 0.6) is 0 Å². The van der Waals surface area contributed by atoms with E-state index >= 15 is 0 Å². The van der Waals surface area contributed by atoms with E-state index in [4.69, 9.17) is 5.11 Å². The van der Waals surface area contributed by atoms with Gasteiger partial charge in [-0.2, -0.15) is 0 Å². The summed E-state index contributed by atoms with van der Waals surface area (Å²) >= 11 is 0. The lowest BCUT2D eigenvalue weighted by atomic mass is 9.93. The summed E-state index contributed by atoms with van der Waals surface area (Å²) in [6.45, 7) is 0. The molecule has 1 aromatic heterocycles. The molecule has 1 heterocycles.